The number of hydrogen-bond acceptors (Lipinski definition) is 3. The second-order valence-electron chi connectivity index (χ2n) is 4.81. The maximum absolute atomic E-state index is 11.7. The normalized spacial score (nSPS) is 32.8. The first-order chi connectivity index (χ1) is 7.58. The second-order valence-corrected chi connectivity index (χ2v) is 4.81. The lowest BCUT2D eigenvalue weighted by Gasteiger charge is -2.41. The Bertz CT molecular complexity index is 306. The molecule has 16 heavy (non-hydrogen) atoms. The Morgan fingerprint density at radius 2 is 2.12 bits per heavy atom. The first-order valence-electron chi connectivity index (χ1n) is 5.84. The second kappa shape index (κ2) is 4.41. The summed E-state index contributed by atoms with van der Waals surface area (Å²) in [6.07, 6.45) is 1.94. The van der Waals surface area contributed by atoms with Crippen molar-refractivity contribution in [2.45, 2.75) is 31.8 Å². The van der Waals surface area contributed by atoms with E-state index in [4.69, 9.17) is 0 Å². The molecule has 2 atom stereocenters. The quantitative estimate of drug-likeness (QED) is 0.650. The third-order valence-electron chi connectivity index (χ3n) is 3.69. The van der Waals surface area contributed by atoms with Crippen LogP contribution in [0.15, 0.2) is 0 Å². The molecule has 0 aliphatic carbocycles. The topological polar surface area (TPSA) is 52.7 Å². The summed E-state index contributed by atoms with van der Waals surface area (Å²) in [5.74, 6) is 0.0209. The Morgan fingerprint density at radius 1 is 1.38 bits per heavy atom. The number of nitrogens with one attached hydrogen (secondary N) is 1. The molecule has 0 saturated carbocycles. The van der Waals surface area contributed by atoms with Crippen LogP contribution in [0.25, 0.3) is 0 Å². The number of rotatable bonds is 1. The zero-order valence-electron chi connectivity index (χ0n) is 9.90. The predicted molar refractivity (Wildman–Crippen MR) is 59.8 cm³/mol. The van der Waals surface area contributed by atoms with E-state index in [1.54, 1.807) is 4.90 Å². The van der Waals surface area contributed by atoms with Crippen molar-refractivity contribution >= 4 is 11.8 Å². The maximum Gasteiger partial charge on any atom is 0.242 e. The van der Waals surface area contributed by atoms with E-state index in [0.717, 1.165) is 19.4 Å². The number of likely N-dealkylation sites (tertiary alicyclic amines) is 1. The first-order valence-corrected chi connectivity index (χ1v) is 5.84. The van der Waals surface area contributed by atoms with Gasteiger partial charge in [-0.2, -0.15) is 0 Å². The summed E-state index contributed by atoms with van der Waals surface area (Å²) in [4.78, 5) is 27.1. The molecule has 0 spiro atoms. The van der Waals surface area contributed by atoms with Crippen LogP contribution in [0.5, 0.6) is 0 Å². The first kappa shape index (κ1) is 11.4. The van der Waals surface area contributed by atoms with E-state index in [1.807, 2.05) is 0 Å². The molecule has 0 radical (unpaired) electrons. The molecular formula is C11H19N3O2. The molecule has 2 heterocycles. The Labute approximate surface area is 95.8 Å². The monoisotopic (exact) mass is 225 g/mol. The molecule has 0 bridgehead atoms. The lowest BCUT2D eigenvalue weighted by Crippen LogP contribution is -2.58. The van der Waals surface area contributed by atoms with Crippen LogP contribution in [0.3, 0.4) is 0 Å². The SMILES string of the molecule is CC1CC(N2CC(=O)NCC2=O)CCN1C. The number of piperazine rings is 1. The van der Waals surface area contributed by atoms with Crippen molar-refractivity contribution in [1.82, 2.24) is 15.1 Å². The van der Waals surface area contributed by atoms with Crippen molar-refractivity contribution in [2.75, 3.05) is 26.7 Å². The highest BCUT2D eigenvalue weighted by atomic mass is 16.2. The zero-order valence-corrected chi connectivity index (χ0v) is 9.90. The third kappa shape index (κ3) is 2.19. The number of nitrogens with zero attached hydrogens (tertiary/aromatic N) is 2. The summed E-state index contributed by atoms with van der Waals surface area (Å²) < 4.78 is 0. The standard InChI is InChI=1S/C11H19N3O2/c1-8-5-9(3-4-13(8)2)14-7-10(15)12-6-11(14)16/h8-9H,3-7H2,1-2H3,(H,12,15). The van der Waals surface area contributed by atoms with Crippen LogP contribution in [0.1, 0.15) is 19.8 Å². The molecule has 2 aliphatic heterocycles. The van der Waals surface area contributed by atoms with Crippen molar-refractivity contribution in [3.63, 3.8) is 0 Å². The number of hydrogen-bond donors (Lipinski definition) is 1. The van der Waals surface area contributed by atoms with Crippen molar-refractivity contribution in [1.29, 1.82) is 0 Å². The predicted octanol–water partition coefficient (Wildman–Crippen LogP) is -0.572. The zero-order chi connectivity index (χ0) is 11.7. The number of piperidine rings is 1. The van der Waals surface area contributed by atoms with E-state index < -0.39 is 0 Å². The Morgan fingerprint density at radius 3 is 2.81 bits per heavy atom. The van der Waals surface area contributed by atoms with Gasteiger partial charge < -0.3 is 15.1 Å². The van der Waals surface area contributed by atoms with Gasteiger partial charge in [-0.1, -0.05) is 0 Å². The van der Waals surface area contributed by atoms with Crippen LogP contribution < -0.4 is 5.32 Å². The lowest BCUT2D eigenvalue weighted by molar-refractivity contribution is -0.144. The van der Waals surface area contributed by atoms with Gasteiger partial charge in [0.15, 0.2) is 0 Å². The highest BCUT2D eigenvalue weighted by molar-refractivity contribution is 5.92. The molecule has 0 aromatic carbocycles. The molecular weight excluding hydrogens is 206 g/mol. The van der Waals surface area contributed by atoms with Gasteiger partial charge in [0.05, 0.1) is 13.1 Å². The van der Waals surface area contributed by atoms with Crippen molar-refractivity contribution in [3.05, 3.63) is 0 Å². The average molecular weight is 225 g/mol. The molecule has 2 fully saturated rings. The summed E-state index contributed by atoms with van der Waals surface area (Å²) in [5, 5.41) is 2.58. The maximum atomic E-state index is 11.7. The summed E-state index contributed by atoms with van der Waals surface area (Å²) >= 11 is 0. The van der Waals surface area contributed by atoms with Crippen LogP contribution in [0.4, 0.5) is 0 Å². The van der Waals surface area contributed by atoms with Crippen molar-refractivity contribution < 1.29 is 9.59 Å². The van der Waals surface area contributed by atoms with Gasteiger partial charge >= 0.3 is 0 Å². The largest absolute Gasteiger partial charge is 0.345 e. The van der Waals surface area contributed by atoms with E-state index in [2.05, 4.69) is 24.2 Å². The van der Waals surface area contributed by atoms with Crippen molar-refractivity contribution in [3.8, 4) is 0 Å². The van der Waals surface area contributed by atoms with E-state index in [-0.39, 0.29) is 30.9 Å². The van der Waals surface area contributed by atoms with Gasteiger partial charge in [0.25, 0.3) is 0 Å². The van der Waals surface area contributed by atoms with Crippen LogP contribution >= 0.6 is 0 Å². The number of carbonyl (C=O) groups is 2. The lowest BCUT2D eigenvalue weighted by atomic mass is 9.97. The Hall–Kier alpha value is -1.10. The molecule has 2 amide bonds. The summed E-state index contributed by atoms with van der Waals surface area (Å²) in [5.41, 5.74) is 0. The van der Waals surface area contributed by atoms with Gasteiger partial charge in [-0.3, -0.25) is 9.59 Å². The molecule has 5 nitrogen and oxygen atoms in total. The molecule has 2 saturated heterocycles. The van der Waals surface area contributed by atoms with E-state index in [0.29, 0.717) is 6.04 Å². The molecule has 2 aliphatic rings. The van der Waals surface area contributed by atoms with Gasteiger partial charge in [0, 0.05) is 18.6 Å². The van der Waals surface area contributed by atoms with Gasteiger partial charge in [-0.05, 0) is 26.8 Å². The van der Waals surface area contributed by atoms with Crippen LogP contribution in [0, 0.1) is 0 Å². The highest BCUT2D eigenvalue weighted by Crippen LogP contribution is 2.21. The third-order valence-corrected chi connectivity index (χ3v) is 3.69. The Kier molecular flexibility index (Phi) is 3.14. The van der Waals surface area contributed by atoms with Crippen LogP contribution in [-0.4, -0.2) is 60.4 Å². The molecule has 0 aromatic heterocycles. The molecule has 0 aromatic rings. The fourth-order valence-electron chi connectivity index (χ4n) is 2.45. The highest BCUT2D eigenvalue weighted by Gasteiger charge is 2.33. The van der Waals surface area contributed by atoms with Gasteiger partial charge in [0.2, 0.25) is 11.8 Å². The number of amides is 2. The Balaban J connectivity index is 2.01. The fourth-order valence-corrected chi connectivity index (χ4v) is 2.45. The van der Waals surface area contributed by atoms with Gasteiger partial charge in [0.1, 0.15) is 0 Å². The molecule has 5 heteroatoms. The van der Waals surface area contributed by atoms with Crippen LogP contribution in [-0.2, 0) is 9.59 Å². The summed E-state index contributed by atoms with van der Waals surface area (Å²) in [6.45, 7) is 3.57. The molecule has 1 N–H and O–H groups in total. The molecule has 2 rings (SSSR count). The van der Waals surface area contributed by atoms with Crippen molar-refractivity contribution in [2.24, 2.45) is 0 Å². The van der Waals surface area contributed by atoms with E-state index >= 15 is 0 Å². The summed E-state index contributed by atoms with van der Waals surface area (Å²) in [7, 11) is 2.10. The minimum atomic E-state index is -0.0359. The average Bonchev–Trinajstić information content (AvgIpc) is 2.26. The number of carbonyl (C=O) groups excluding carboxylic acids is 2. The van der Waals surface area contributed by atoms with E-state index in [9.17, 15) is 9.59 Å². The van der Waals surface area contributed by atoms with Crippen LogP contribution in [0.2, 0.25) is 0 Å². The fraction of sp³-hybridized carbons (Fsp3) is 0.818. The molecule has 2 unspecified atom stereocenters. The van der Waals surface area contributed by atoms with Gasteiger partial charge in [-0.15, -0.1) is 0 Å². The summed E-state index contributed by atoms with van der Waals surface area (Å²) in [6, 6.07) is 0.723. The van der Waals surface area contributed by atoms with Gasteiger partial charge in [-0.25, -0.2) is 0 Å². The smallest absolute Gasteiger partial charge is 0.242 e. The molecule has 90 valence electrons. The minimum absolute atomic E-state index is 0.0359. The minimum Gasteiger partial charge on any atom is -0.345 e. The van der Waals surface area contributed by atoms with E-state index in [1.165, 1.54) is 0 Å².